The molecule has 0 spiro atoms. The van der Waals surface area contributed by atoms with Crippen LogP contribution in [0.4, 0.5) is 5.69 Å². The molecule has 0 fully saturated rings. The van der Waals surface area contributed by atoms with Crippen molar-refractivity contribution in [2.75, 3.05) is 0 Å². The summed E-state index contributed by atoms with van der Waals surface area (Å²) in [5.41, 5.74) is 9.57. The number of fused-ring (bicyclic) bond motifs is 4. The van der Waals surface area contributed by atoms with Gasteiger partial charge in [0.25, 0.3) is 0 Å². The van der Waals surface area contributed by atoms with Crippen molar-refractivity contribution in [2.24, 2.45) is 10.7 Å². The lowest BCUT2D eigenvalue weighted by atomic mass is 9.93. The van der Waals surface area contributed by atoms with E-state index < -0.39 is 5.91 Å². The van der Waals surface area contributed by atoms with Gasteiger partial charge in [-0.15, -0.1) is 0 Å². The molecule has 0 unspecified atom stereocenters. The standard InChI is InChI=1S/C17H10N2O2/c18-17(21)11-6-3-4-9-8-12-15(14(9)11)19-13-7-2-1-5-10(13)16(12)20/h1-8H,(H2,18,21). The normalized spacial score (nSPS) is 14.8. The van der Waals surface area contributed by atoms with Crippen LogP contribution in [0.3, 0.4) is 0 Å². The van der Waals surface area contributed by atoms with Crippen molar-refractivity contribution < 1.29 is 9.59 Å². The molecular weight excluding hydrogens is 264 g/mol. The molecule has 1 heterocycles. The molecule has 100 valence electrons. The van der Waals surface area contributed by atoms with Crippen LogP contribution in [0.5, 0.6) is 0 Å². The number of carbonyl (C=O) groups excluding carboxylic acids is 2. The summed E-state index contributed by atoms with van der Waals surface area (Å²) in [4.78, 5) is 28.8. The molecule has 0 aromatic heterocycles. The first-order valence-electron chi connectivity index (χ1n) is 6.54. The summed E-state index contributed by atoms with van der Waals surface area (Å²) in [5.74, 6) is -0.585. The van der Waals surface area contributed by atoms with Crippen LogP contribution in [0.15, 0.2) is 53.0 Å². The number of carbonyl (C=O) groups is 2. The number of hydrogen-bond acceptors (Lipinski definition) is 3. The first kappa shape index (κ1) is 11.8. The second-order valence-electron chi connectivity index (χ2n) is 5.00. The van der Waals surface area contributed by atoms with Gasteiger partial charge in [0.15, 0.2) is 5.78 Å². The Hall–Kier alpha value is -3.01. The largest absolute Gasteiger partial charge is 0.366 e. The van der Waals surface area contributed by atoms with Gasteiger partial charge in [-0.2, -0.15) is 0 Å². The predicted octanol–water partition coefficient (Wildman–Crippen LogP) is 2.50. The van der Waals surface area contributed by atoms with Crippen molar-refractivity contribution in [3.05, 3.63) is 70.3 Å². The van der Waals surface area contributed by atoms with E-state index in [9.17, 15) is 9.59 Å². The van der Waals surface area contributed by atoms with Crippen LogP contribution < -0.4 is 5.73 Å². The first-order chi connectivity index (χ1) is 10.2. The molecular formula is C17H10N2O2. The Balaban J connectivity index is 2.04. The van der Waals surface area contributed by atoms with E-state index in [0.29, 0.717) is 33.7 Å². The smallest absolute Gasteiger partial charge is 0.249 e. The van der Waals surface area contributed by atoms with Crippen LogP contribution >= 0.6 is 0 Å². The van der Waals surface area contributed by atoms with Crippen molar-refractivity contribution in [1.29, 1.82) is 0 Å². The van der Waals surface area contributed by atoms with Gasteiger partial charge in [-0.25, -0.2) is 4.99 Å². The molecule has 21 heavy (non-hydrogen) atoms. The van der Waals surface area contributed by atoms with Gasteiger partial charge < -0.3 is 5.73 Å². The van der Waals surface area contributed by atoms with Gasteiger partial charge in [0.05, 0.1) is 11.4 Å². The van der Waals surface area contributed by atoms with Crippen LogP contribution in [0.1, 0.15) is 31.8 Å². The van der Waals surface area contributed by atoms with E-state index in [-0.39, 0.29) is 5.78 Å². The zero-order chi connectivity index (χ0) is 14.6. The van der Waals surface area contributed by atoms with Gasteiger partial charge in [-0.3, -0.25) is 9.59 Å². The number of amides is 1. The van der Waals surface area contributed by atoms with Gasteiger partial charge in [0.1, 0.15) is 0 Å². The maximum Gasteiger partial charge on any atom is 0.249 e. The summed E-state index contributed by atoms with van der Waals surface area (Å²) < 4.78 is 0. The molecule has 2 aromatic rings. The highest BCUT2D eigenvalue weighted by Crippen LogP contribution is 2.37. The zero-order valence-corrected chi connectivity index (χ0v) is 11.0. The molecule has 4 nitrogen and oxygen atoms in total. The number of rotatable bonds is 1. The molecule has 4 rings (SSSR count). The van der Waals surface area contributed by atoms with Crippen molar-refractivity contribution in [1.82, 2.24) is 0 Å². The van der Waals surface area contributed by atoms with Gasteiger partial charge in [-0.1, -0.05) is 24.3 Å². The Bertz CT molecular complexity index is 891. The lowest BCUT2D eigenvalue weighted by molar-refractivity contribution is 0.0997. The molecule has 0 radical (unpaired) electrons. The van der Waals surface area contributed by atoms with Gasteiger partial charge in [-0.05, 0) is 29.8 Å². The van der Waals surface area contributed by atoms with Crippen molar-refractivity contribution in [3.8, 4) is 0 Å². The first-order valence-corrected chi connectivity index (χ1v) is 6.54. The number of aliphatic imine (C=N–C) groups is 1. The van der Waals surface area contributed by atoms with E-state index >= 15 is 0 Å². The third kappa shape index (κ3) is 1.53. The zero-order valence-electron chi connectivity index (χ0n) is 11.0. The van der Waals surface area contributed by atoms with Gasteiger partial charge in [0.2, 0.25) is 5.91 Å². The van der Waals surface area contributed by atoms with E-state index in [0.717, 1.165) is 5.56 Å². The molecule has 4 heteroatoms. The maximum atomic E-state index is 12.6. The summed E-state index contributed by atoms with van der Waals surface area (Å²) in [6.45, 7) is 0. The van der Waals surface area contributed by atoms with Crippen molar-refractivity contribution in [2.45, 2.75) is 0 Å². The van der Waals surface area contributed by atoms with E-state index in [1.54, 1.807) is 30.3 Å². The highest BCUT2D eigenvalue weighted by Gasteiger charge is 2.33. The summed E-state index contributed by atoms with van der Waals surface area (Å²) >= 11 is 0. The van der Waals surface area contributed by atoms with Crippen molar-refractivity contribution >= 4 is 29.2 Å². The van der Waals surface area contributed by atoms with E-state index in [4.69, 9.17) is 5.73 Å². The minimum absolute atomic E-state index is 0.0674. The second-order valence-corrected chi connectivity index (χ2v) is 5.00. The molecule has 0 saturated heterocycles. The summed E-state index contributed by atoms with van der Waals surface area (Å²) in [7, 11) is 0. The summed E-state index contributed by atoms with van der Waals surface area (Å²) in [5, 5.41) is 0. The number of allylic oxidation sites excluding steroid dienone is 1. The number of benzene rings is 2. The third-order valence-corrected chi connectivity index (χ3v) is 3.78. The topological polar surface area (TPSA) is 72.5 Å². The van der Waals surface area contributed by atoms with E-state index in [1.807, 2.05) is 18.2 Å². The minimum atomic E-state index is -0.518. The number of primary amides is 1. The average molecular weight is 274 g/mol. The van der Waals surface area contributed by atoms with Gasteiger partial charge >= 0.3 is 0 Å². The Morgan fingerprint density at radius 2 is 1.86 bits per heavy atom. The Kier molecular flexibility index (Phi) is 2.24. The fourth-order valence-electron chi connectivity index (χ4n) is 2.84. The van der Waals surface area contributed by atoms with Crippen LogP contribution in [0.2, 0.25) is 0 Å². The number of nitrogens with zero attached hydrogens (tertiary/aromatic N) is 1. The average Bonchev–Trinajstić information content (AvgIpc) is 2.86. The van der Waals surface area contributed by atoms with Gasteiger partial charge in [0, 0.05) is 22.3 Å². The van der Waals surface area contributed by atoms with Crippen LogP contribution in [-0.4, -0.2) is 17.4 Å². The monoisotopic (exact) mass is 274 g/mol. The number of ketones is 1. The lowest BCUT2D eigenvalue weighted by Crippen LogP contribution is -2.20. The molecule has 1 aliphatic carbocycles. The SMILES string of the molecule is NC(=O)c1cccc2c1C1=Nc3ccccc3C(=O)C1=C2. The minimum Gasteiger partial charge on any atom is -0.366 e. The molecule has 1 amide bonds. The molecule has 0 saturated carbocycles. The fourth-order valence-corrected chi connectivity index (χ4v) is 2.84. The van der Waals surface area contributed by atoms with Crippen LogP contribution in [-0.2, 0) is 0 Å². The number of para-hydroxylation sites is 1. The molecule has 1 aliphatic heterocycles. The van der Waals surface area contributed by atoms with E-state index in [1.165, 1.54) is 0 Å². The van der Waals surface area contributed by atoms with Crippen LogP contribution in [0, 0.1) is 0 Å². The van der Waals surface area contributed by atoms with Crippen LogP contribution in [0.25, 0.3) is 6.08 Å². The molecule has 2 N–H and O–H groups in total. The highest BCUT2D eigenvalue weighted by molar-refractivity contribution is 6.42. The summed E-state index contributed by atoms with van der Waals surface area (Å²) in [6, 6.07) is 12.5. The Labute approximate surface area is 120 Å². The number of Topliss-reactive ketones (excluding diaryl/α,β-unsaturated/α-hetero) is 1. The lowest BCUT2D eigenvalue weighted by Gasteiger charge is -2.15. The predicted molar refractivity (Wildman–Crippen MR) is 79.9 cm³/mol. The second kappa shape index (κ2) is 3.99. The summed E-state index contributed by atoms with van der Waals surface area (Å²) in [6.07, 6.45) is 1.78. The third-order valence-electron chi connectivity index (χ3n) is 3.78. The molecule has 2 aromatic carbocycles. The number of nitrogens with two attached hydrogens (primary N) is 1. The number of hydrogen-bond donors (Lipinski definition) is 1. The molecule has 0 bridgehead atoms. The Morgan fingerprint density at radius 3 is 2.67 bits per heavy atom. The molecule has 2 aliphatic rings. The van der Waals surface area contributed by atoms with Crippen molar-refractivity contribution in [3.63, 3.8) is 0 Å². The highest BCUT2D eigenvalue weighted by atomic mass is 16.1. The maximum absolute atomic E-state index is 12.6. The Morgan fingerprint density at radius 1 is 1.05 bits per heavy atom. The quantitative estimate of drug-likeness (QED) is 0.867. The fraction of sp³-hybridized carbons (Fsp3) is 0. The molecule has 0 atom stereocenters. The van der Waals surface area contributed by atoms with E-state index in [2.05, 4.69) is 4.99 Å².